The van der Waals surface area contributed by atoms with E-state index in [0.717, 1.165) is 23.5 Å². The summed E-state index contributed by atoms with van der Waals surface area (Å²) in [6.07, 6.45) is 0. The molecule has 106 valence electrons. The molecule has 0 aliphatic rings. The first-order chi connectivity index (χ1) is 9.95. The lowest BCUT2D eigenvalue weighted by atomic mass is 10.2. The second kappa shape index (κ2) is 5.16. The van der Waals surface area contributed by atoms with E-state index in [4.69, 9.17) is 5.11 Å². The van der Waals surface area contributed by atoms with Gasteiger partial charge in [-0.25, -0.2) is 18.6 Å². The molecule has 0 radical (unpaired) electrons. The van der Waals surface area contributed by atoms with Crippen molar-refractivity contribution >= 4 is 43.5 Å². The van der Waals surface area contributed by atoms with Crippen LogP contribution < -0.4 is 0 Å². The highest BCUT2D eigenvalue weighted by atomic mass is 79.9. The normalized spacial score (nSPS) is 11.0. The van der Waals surface area contributed by atoms with Crippen LogP contribution in [0.3, 0.4) is 0 Å². The Balaban J connectivity index is 2.20. The fourth-order valence-electron chi connectivity index (χ4n) is 1.91. The Morgan fingerprint density at radius 3 is 2.48 bits per heavy atom. The summed E-state index contributed by atoms with van der Waals surface area (Å²) in [6.45, 7) is 0. The van der Waals surface area contributed by atoms with E-state index in [2.05, 4.69) is 20.9 Å². The predicted molar refractivity (Wildman–Crippen MR) is 79.6 cm³/mol. The fourth-order valence-corrected chi connectivity index (χ4v) is 3.37. The molecule has 3 nitrogen and oxygen atoms in total. The van der Waals surface area contributed by atoms with Crippen LogP contribution >= 0.6 is 27.3 Å². The Hall–Kier alpha value is -1.86. The molecule has 3 rings (SSSR count). The lowest BCUT2D eigenvalue weighted by molar-refractivity contribution is 0.0697. The zero-order valence-corrected chi connectivity index (χ0v) is 12.6. The van der Waals surface area contributed by atoms with Crippen LogP contribution in [0, 0.1) is 11.6 Å². The number of carbonyl (C=O) groups is 1. The fraction of sp³-hybridized carbons (Fsp3) is 0. The molecule has 0 aliphatic carbocycles. The van der Waals surface area contributed by atoms with Gasteiger partial charge in [-0.1, -0.05) is 15.9 Å². The van der Waals surface area contributed by atoms with Crippen LogP contribution in [-0.4, -0.2) is 16.1 Å². The number of rotatable bonds is 2. The van der Waals surface area contributed by atoms with Gasteiger partial charge in [0.15, 0.2) is 0 Å². The minimum absolute atomic E-state index is 0.106. The summed E-state index contributed by atoms with van der Waals surface area (Å²) in [7, 11) is 0. The summed E-state index contributed by atoms with van der Waals surface area (Å²) in [6, 6.07) is 6.68. The molecule has 0 aliphatic heterocycles. The Labute approximate surface area is 130 Å². The molecule has 2 aromatic carbocycles. The molecule has 1 heterocycles. The number of fused-ring (bicyclic) bond motifs is 1. The van der Waals surface area contributed by atoms with Gasteiger partial charge < -0.3 is 5.11 Å². The maximum absolute atomic E-state index is 13.9. The number of thiazole rings is 1. The predicted octanol–water partition coefficient (Wildman–Crippen LogP) is 4.70. The molecule has 0 unspecified atom stereocenters. The van der Waals surface area contributed by atoms with Gasteiger partial charge in [0, 0.05) is 4.47 Å². The third kappa shape index (κ3) is 2.54. The van der Waals surface area contributed by atoms with Crippen LogP contribution in [0.1, 0.15) is 10.4 Å². The smallest absolute Gasteiger partial charge is 0.335 e. The maximum Gasteiger partial charge on any atom is 0.335 e. The third-order valence-electron chi connectivity index (χ3n) is 2.86. The molecule has 1 aromatic heterocycles. The van der Waals surface area contributed by atoms with Gasteiger partial charge in [0.25, 0.3) is 0 Å². The molecule has 3 aromatic rings. The highest BCUT2D eigenvalue weighted by Crippen LogP contribution is 2.35. The maximum atomic E-state index is 13.9. The van der Waals surface area contributed by atoms with Crippen molar-refractivity contribution < 1.29 is 18.7 Å². The Bertz CT molecular complexity index is 856. The van der Waals surface area contributed by atoms with Crippen LogP contribution in [0.2, 0.25) is 0 Å². The van der Waals surface area contributed by atoms with Crippen LogP contribution in [0.5, 0.6) is 0 Å². The molecule has 0 bridgehead atoms. The molecule has 0 fully saturated rings. The molecule has 0 spiro atoms. The second-order valence-electron chi connectivity index (χ2n) is 4.25. The summed E-state index contributed by atoms with van der Waals surface area (Å²) in [4.78, 5) is 15.1. The topological polar surface area (TPSA) is 50.2 Å². The molecular weight excluding hydrogens is 364 g/mol. The van der Waals surface area contributed by atoms with Crippen molar-refractivity contribution in [2.45, 2.75) is 0 Å². The number of carboxylic acids is 1. The quantitative estimate of drug-likeness (QED) is 0.711. The average molecular weight is 370 g/mol. The van der Waals surface area contributed by atoms with Crippen LogP contribution in [0.4, 0.5) is 8.78 Å². The molecule has 21 heavy (non-hydrogen) atoms. The molecule has 0 atom stereocenters. The number of benzene rings is 2. The van der Waals surface area contributed by atoms with Crippen molar-refractivity contribution in [3.8, 4) is 10.6 Å². The lowest BCUT2D eigenvalue weighted by Gasteiger charge is -2.01. The summed E-state index contributed by atoms with van der Waals surface area (Å²) < 4.78 is 28.7. The van der Waals surface area contributed by atoms with Crippen molar-refractivity contribution in [3.05, 3.63) is 52.0 Å². The number of hydrogen-bond acceptors (Lipinski definition) is 3. The Morgan fingerprint density at radius 1 is 1.19 bits per heavy atom. The van der Waals surface area contributed by atoms with E-state index in [1.807, 2.05) is 0 Å². The standard InChI is InChI=1S/C14H6BrF2NO2S/c15-7-4-8(16)12(9(17)5-7)13-18-10-2-1-6(14(19)20)3-11(10)21-13/h1-5H,(H,19,20). The number of nitrogens with zero attached hydrogens (tertiary/aromatic N) is 1. The van der Waals surface area contributed by atoms with E-state index in [9.17, 15) is 13.6 Å². The monoisotopic (exact) mass is 369 g/mol. The van der Waals surface area contributed by atoms with Gasteiger partial charge in [-0.3, -0.25) is 0 Å². The summed E-state index contributed by atoms with van der Waals surface area (Å²) in [5.41, 5.74) is 0.396. The number of aromatic carboxylic acids is 1. The first-order valence-corrected chi connectivity index (χ1v) is 7.35. The molecule has 1 N–H and O–H groups in total. The third-order valence-corrected chi connectivity index (χ3v) is 4.35. The second-order valence-corrected chi connectivity index (χ2v) is 6.20. The van der Waals surface area contributed by atoms with E-state index in [1.54, 1.807) is 0 Å². The Kier molecular flexibility index (Phi) is 3.46. The molecule has 0 saturated heterocycles. The summed E-state index contributed by atoms with van der Waals surface area (Å²) in [5.74, 6) is -2.51. The van der Waals surface area contributed by atoms with Crippen molar-refractivity contribution in [2.75, 3.05) is 0 Å². The summed E-state index contributed by atoms with van der Waals surface area (Å²) in [5, 5.41) is 9.12. The van der Waals surface area contributed by atoms with Gasteiger partial charge in [0.1, 0.15) is 16.6 Å². The largest absolute Gasteiger partial charge is 0.478 e. The van der Waals surface area contributed by atoms with Crippen molar-refractivity contribution in [3.63, 3.8) is 0 Å². The highest BCUT2D eigenvalue weighted by Gasteiger charge is 2.17. The molecule has 0 amide bonds. The minimum Gasteiger partial charge on any atom is -0.478 e. The SMILES string of the molecule is O=C(O)c1ccc2nc(-c3c(F)cc(Br)cc3F)sc2c1. The number of hydrogen-bond donors (Lipinski definition) is 1. The zero-order valence-electron chi connectivity index (χ0n) is 10.2. The number of halogens is 3. The summed E-state index contributed by atoms with van der Waals surface area (Å²) >= 11 is 4.06. The first kappa shape index (κ1) is 14.1. The van der Waals surface area contributed by atoms with Gasteiger partial charge >= 0.3 is 5.97 Å². The van der Waals surface area contributed by atoms with E-state index in [-0.39, 0.29) is 16.1 Å². The van der Waals surface area contributed by atoms with E-state index in [1.165, 1.54) is 18.2 Å². The van der Waals surface area contributed by atoms with Gasteiger partial charge in [0.2, 0.25) is 0 Å². The molecule has 0 saturated carbocycles. The van der Waals surface area contributed by atoms with Crippen LogP contribution in [0.25, 0.3) is 20.8 Å². The van der Waals surface area contributed by atoms with Gasteiger partial charge in [-0.05, 0) is 30.3 Å². The van der Waals surface area contributed by atoms with Gasteiger partial charge in [-0.2, -0.15) is 0 Å². The molecule has 7 heteroatoms. The number of carboxylic acid groups (broad SMARTS) is 1. The van der Waals surface area contributed by atoms with Gasteiger partial charge in [-0.15, -0.1) is 11.3 Å². The zero-order chi connectivity index (χ0) is 15.1. The minimum atomic E-state index is -1.06. The van der Waals surface area contributed by atoms with E-state index in [0.29, 0.717) is 14.7 Å². The van der Waals surface area contributed by atoms with Gasteiger partial charge in [0.05, 0.1) is 21.3 Å². The molecular formula is C14H6BrF2NO2S. The van der Waals surface area contributed by atoms with Crippen LogP contribution in [0.15, 0.2) is 34.8 Å². The van der Waals surface area contributed by atoms with Crippen molar-refractivity contribution in [1.29, 1.82) is 0 Å². The van der Waals surface area contributed by atoms with Crippen molar-refractivity contribution in [1.82, 2.24) is 4.98 Å². The number of aromatic nitrogens is 1. The van der Waals surface area contributed by atoms with E-state index >= 15 is 0 Å². The lowest BCUT2D eigenvalue weighted by Crippen LogP contribution is -1.94. The Morgan fingerprint density at radius 2 is 1.86 bits per heavy atom. The van der Waals surface area contributed by atoms with Crippen LogP contribution in [-0.2, 0) is 0 Å². The van der Waals surface area contributed by atoms with E-state index < -0.39 is 17.6 Å². The van der Waals surface area contributed by atoms with Crippen molar-refractivity contribution in [2.24, 2.45) is 0 Å². The highest BCUT2D eigenvalue weighted by molar-refractivity contribution is 9.10. The first-order valence-electron chi connectivity index (χ1n) is 5.74. The average Bonchev–Trinajstić information content (AvgIpc) is 2.79.